The van der Waals surface area contributed by atoms with Crippen molar-refractivity contribution >= 4 is 11.6 Å². The molecular weight excluding hydrogens is 269 g/mol. The van der Waals surface area contributed by atoms with Crippen molar-refractivity contribution in [3.8, 4) is 11.8 Å². The van der Waals surface area contributed by atoms with Crippen LogP contribution < -0.4 is 0 Å². The van der Waals surface area contributed by atoms with Gasteiger partial charge in [0.25, 0.3) is 0 Å². The van der Waals surface area contributed by atoms with Gasteiger partial charge in [0.05, 0.1) is 12.3 Å². The van der Waals surface area contributed by atoms with E-state index in [2.05, 4.69) is 5.10 Å². The summed E-state index contributed by atoms with van der Waals surface area (Å²) < 4.78 is 19.5. The molecule has 2 rings (SSSR count). The second-order valence-corrected chi connectivity index (χ2v) is 4.36. The van der Waals surface area contributed by atoms with Gasteiger partial charge in [-0.05, 0) is 30.7 Å². The number of rotatable bonds is 3. The Morgan fingerprint density at radius 2 is 2.26 bits per heavy atom. The monoisotopic (exact) mass is 279 g/mol. The SMILES string of the molecule is COCc1nn(-c2ccc(F)cc2C)c(Cl)c1C#N. The van der Waals surface area contributed by atoms with Gasteiger partial charge in [0.2, 0.25) is 0 Å². The van der Waals surface area contributed by atoms with Gasteiger partial charge in [-0.1, -0.05) is 11.6 Å². The quantitative estimate of drug-likeness (QED) is 0.868. The van der Waals surface area contributed by atoms with Crippen LogP contribution in [0.1, 0.15) is 16.8 Å². The molecule has 0 saturated carbocycles. The number of hydrogen-bond donors (Lipinski definition) is 0. The average molecular weight is 280 g/mol. The van der Waals surface area contributed by atoms with Crippen LogP contribution in [-0.2, 0) is 11.3 Å². The first kappa shape index (κ1) is 13.5. The van der Waals surface area contributed by atoms with Crippen LogP contribution in [-0.4, -0.2) is 16.9 Å². The van der Waals surface area contributed by atoms with Gasteiger partial charge in [-0.3, -0.25) is 0 Å². The molecule has 4 nitrogen and oxygen atoms in total. The smallest absolute Gasteiger partial charge is 0.151 e. The van der Waals surface area contributed by atoms with Crippen molar-refractivity contribution in [3.63, 3.8) is 0 Å². The summed E-state index contributed by atoms with van der Waals surface area (Å²) in [5.41, 5.74) is 2.04. The van der Waals surface area contributed by atoms with Crippen LogP contribution >= 0.6 is 11.6 Å². The second kappa shape index (κ2) is 5.39. The molecule has 0 bridgehead atoms. The lowest BCUT2D eigenvalue weighted by Gasteiger charge is -2.06. The van der Waals surface area contributed by atoms with E-state index < -0.39 is 0 Å². The molecule has 0 atom stereocenters. The van der Waals surface area contributed by atoms with E-state index in [4.69, 9.17) is 21.6 Å². The Labute approximate surface area is 115 Å². The number of ether oxygens (including phenoxy) is 1. The summed E-state index contributed by atoms with van der Waals surface area (Å²) in [7, 11) is 1.51. The fourth-order valence-electron chi connectivity index (χ4n) is 1.80. The number of benzene rings is 1. The molecule has 0 fully saturated rings. The molecule has 2 aromatic rings. The second-order valence-electron chi connectivity index (χ2n) is 4.00. The zero-order chi connectivity index (χ0) is 14.0. The number of hydrogen-bond acceptors (Lipinski definition) is 3. The Morgan fingerprint density at radius 1 is 1.53 bits per heavy atom. The van der Waals surface area contributed by atoms with E-state index in [1.54, 1.807) is 13.0 Å². The van der Waals surface area contributed by atoms with Crippen LogP contribution in [0.15, 0.2) is 18.2 Å². The van der Waals surface area contributed by atoms with Gasteiger partial charge in [0.1, 0.15) is 23.1 Å². The van der Waals surface area contributed by atoms with Gasteiger partial charge in [-0.25, -0.2) is 9.07 Å². The molecule has 0 saturated heterocycles. The summed E-state index contributed by atoms with van der Waals surface area (Å²) in [6.45, 7) is 1.94. The molecule has 0 aliphatic heterocycles. The molecule has 0 unspecified atom stereocenters. The van der Waals surface area contributed by atoms with E-state index in [0.717, 1.165) is 0 Å². The largest absolute Gasteiger partial charge is 0.378 e. The maximum Gasteiger partial charge on any atom is 0.151 e. The average Bonchev–Trinajstić information content (AvgIpc) is 2.66. The maximum absolute atomic E-state index is 13.1. The van der Waals surface area contributed by atoms with E-state index in [1.165, 1.54) is 23.9 Å². The molecular formula is C13H11ClFN3O. The molecule has 1 heterocycles. The molecule has 0 spiro atoms. The van der Waals surface area contributed by atoms with Gasteiger partial charge in [-0.15, -0.1) is 0 Å². The van der Waals surface area contributed by atoms with Crippen LogP contribution in [0.2, 0.25) is 5.15 Å². The van der Waals surface area contributed by atoms with Crippen molar-refractivity contribution in [1.29, 1.82) is 5.26 Å². The third-order valence-corrected chi connectivity index (χ3v) is 3.03. The van der Waals surface area contributed by atoms with E-state index in [-0.39, 0.29) is 23.1 Å². The van der Waals surface area contributed by atoms with Crippen LogP contribution in [0.4, 0.5) is 4.39 Å². The topological polar surface area (TPSA) is 50.8 Å². The first-order valence-electron chi connectivity index (χ1n) is 5.51. The van der Waals surface area contributed by atoms with Crippen molar-refractivity contribution in [1.82, 2.24) is 9.78 Å². The summed E-state index contributed by atoms with van der Waals surface area (Å²) in [5.74, 6) is -0.331. The lowest BCUT2D eigenvalue weighted by molar-refractivity contribution is 0.181. The predicted octanol–water partition coefficient (Wildman–Crippen LogP) is 2.99. The summed E-state index contributed by atoms with van der Waals surface area (Å²) in [5, 5.41) is 13.5. The van der Waals surface area contributed by atoms with Crippen molar-refractivity contribution in [3.05, 3.63) is 46.0 Å². The molecule has 0 amide bonds. The third-order valence-electron chi connectivity index (χ3n) is 2.68. The first-order chi connectivity index (χ1) is 9.08. The molecule has 0 N–H and O–H groups in total. The number of aryl methyl sites for hydroxylation is 1. The molecule has 1 aromatic heterocycles. The van der Waals surface area contributed by atoms with Gasteiger partial charge >= 0.3 is 0 Å². The van der Waals surface area contributed by atoms with Gasteiger partial charge in [-0.2, -0.15) is 10.4 Å². The van der Waals surface area contributed by atoms with E-state index in [1.807, 2.05) is 6.07 Å². The summed E-state index contributed by atoms with van der Waals surface area (Å²) in [6.07, 6.45) is 0. The van der Waals surface area contributed by atoms with Crippen molar-refractivity contribution in [2.45, 2.75) is 13.5 Å². The van der Waals surface area contributed by atoms with E-state index in [9.17, 15) is 4.39 Å². The van der Waals surface area contributed by atoms with Crippen molar-refractivity contribution in [2.24, 2.45) is 0 Å². The van der Waals surface area contributed by atoms with E-state index >= 15 is 0 Å². The number of aromatic nitrogens is 2. The van der Waals surface area contributed by atoms with Gasteiger partial charge in [0, 0.05) is 7.11 Å². The highest BCUT2D eigenvalue weighted by molar-refractivity contribution is 6.31. The highest BCUT2D eigenvalue weighted by Crippen LogP contribution is 2.25. The van der Waals surface area contributed by atoms with Crippen LogP contribution in [0.3, 0.4) is 0 Å². The highest BCUT2D eigenvalue weighted by atomic mass is 35.5. The zero-order valence-electron chi connectivity index (χ0n) is 10.4. The normalized spacial score (nSPS) is 10.5. The Kier molecular flexibility index (Phi) is 3.84. The Bertz CT molecular complexity index is 661. The van der Waals surface area contributed by atoms with Crippen LogP contribution in [0, 0.1) is 24.1 Å². The zero-order valence-corrected chi connectivity index (χ0v) is 11.2. The minimum atomic E-state index is -0.331. The lowest BCUT2D eigenvalue weighted by atomic mass is 10.2. The fraction of sp³-hybridized carbons (Fsp3) is 0.231. The maximum atomic E-state index is 13.1. The van der Waals surface area contributed by atoms with Gasteiger partial charge < -0.3 is 4.74 Å². The summed E-state index contributed by atoms with van der Waals surface area (Å²) >= 11 is 6.14. The molecule has 0 aliphatic carbocycles. The number of halogens is 2. The van der Waals surface area contributed by atoms with E-state index in [0.29, 0.717) is 16.9 Å². The van der Waals surface area contributed by atoms with Crippen LogP contribution in [0.5, 0.6) is 0 Å². The van der Waals surface area contributed by atoms with Gasteiger partial charge in [0.15, 0.2) is 5.15 Å². The first-order valence-corrected chi connectivity index (χ1v) is 5.89. The number of nitriles is 1. The standard InChI is InChI=1S/C13H11ClFN3O/c1-8-5-9(15)3-4-12(8)18-13(14)10(6-16)11(17-18)7-19-2/h3-5H,7H2,1-2H3. The minimum absolute atomic E-state index is 0.190. The highest BCUT2D eigenvalue weighted by Gasteiger charge is 2.18. The summed E-state index contributed by atoms with van der Waals surface area (Å²) in [4.78, 5) is 0. The summed E-state index contributed by atoms with van der Waals surface area (Å²) in [6, 6.07) is 6.28. The molecule has 19 heavy (non-hydrogen) atoms. The Morgan fingerprint density at radius 3 is 2.84 bits per heavy atom. The lowest BCUT2D eigenvalue weighted by Crippen LogP contribution is -2.01. The molecule has 6 heteroatoms. The molecule has 0 aliphatic rings. The third kappa shape index (κ3) is 2.46. The Balaban J connectivity index is 2.60. The Hall–Kier alpha value is -1.90. The predicted molar refractivity (Wildman–Crippen MR) is 68.7 cm³/mol. The number of methoxy groups -OCH3 is 1. The fourth-order valence-corrected chi connectivity index (χ4v) is 2.08. The molecule has 1 aromatic carbocycles. The number of nitrogens with zero attached hydrogens (tertiary/aromatic N) is 3. The van der Waals surface area contributed by atoms with Crippen molar-refractivity contribution < 1.29 is 9.13 Å². The molecule has 98 valence electrons. The minimum Gasteiger partial charge on any atom is -0.378 e. The molecule has 0 radical (unpaired) electrons. The van der Waals surface area contributed by atoms with Crippen molar-refractivity contribution in [2.75, 3.05) is 7.11 Å². The van der Waals surface area contributed by atoms with Crippen LogP contribution in [0.25, 0.3) is 5.69 Å².